The summed E-state index contributed by atoms with van der Waals surface area (Å²) >= 11 is 0. The number of aryl methyl sites for hydroxylation is 1. The molecule has 3 aliphatic rings. The Kier molecular flexibility index (Phi) is 2.16. The fourth-order valence-corrected chi connectivity index (χ4v) is 6.50. The highest BCUT2D eigenvalue weighted by molar-refractivity contribution is 7.91. The van der Waals surface area contributed by atoms with Gasteiger partial charge in [0.2, 0.25) is 0 Å². The average molecular weight is 276 g/mol. The molecule has 0 heterocycles. The molecule has 2 nitrogen and oxygen atoms in total. The zero-order valence-corrected chi connectivity index (χ0v) is 12.3. The third-order valence-electron chi connectivity index (χ3n) is 5.98. The molecule has 1 aromatic rings. The minimum Gasteiger partial charge on any atom is -0.224 e. The van der Waals surface area contributed by atoms with Gasteiger partial charge in [-0.15, -0.1) is 0 Å². The largest absolute Gasteiger partial charge is 0.224 e. The molecular weight excluding hydrogens is 256 g/mol. The first-order valence-corrected chi connectivity index (χ1v) is 8.86. The highest BCUT2D eigenvalue weighted by atomic mass is 32.2. The van der Waals surface area contributed by atoms with E-state index in [-0.39, 0.29) is 0 Å². The van der Waals surface area contributed by atoms with Crippen LogP contribution in [0.25, 0.3) is 0 Å². The van der Waals surface area contributed by atoms with Gasteiger partial charge in [0, 0.05) is 0 Å². The van der Waals surface area contributed by atoms with Crippen LogP contribution in [0.2, 0.25) is 0 Å². The molecule has 0 aliphatic heterocycles. The second-order valence-corrected chi connectivity index (χ2v) is 9.13. The first kappa shape index (κ1) is 12.0. The predicted octanol–water partition coefficient (Wildman–Crippen LogP) is 3.06. The summed E-state index contributed by atoms with van der Waals surface area (Å²) in [5, 5.41) is 0. The fraction of sp³-hybridized carbons (Fsp3) is 0.625. The minimum absolute atomic E-state index is 0.361. The van der Waals surface area contributed by atoms with E-state index in [4.69, 9.17) is 0 Å². The van der Waals surface area contributed by atoms with E-state index in [1.165, 1.54) is 6.42 Å². The quantitative estimate of drug-likeness (QED) is 0.850. The maximum Gasteiger partial charge on any atom is 0.178 e. The van der Waals surface area contributed by atoms with Crippen LogP contribution in [0, 0.1) is 36.0 Å². The molecule has 0 N–H and O–H groups in total. The fourth-order valence-electron chi connectivity index (χ4n) is 4.85. The summed E-state index contributed by atoms with van der Waals surface area (Å²) in [6, 6.07) is 7.28. The van der Waals surface area contributed by atoms with Gasteiger partial charge in [0.05, 0.1) is 10.6 Å². The van der Waals surface area contributed by atoms with Gasteiger partial charge in [0.25, 0.3) is 0 Å². The standard InChI is InChI=1S/C16H20O2S/c1-10-3-5-12(6-4-10)19(17,18)9-11-7-13-14-8-16(14,2)15(11)13/h3-6,11,13-15H,7-9H2,1-2H3. The van der Waals surface area contributed by atoms with Crippen LogP contribution in [-0.2, 0) is 9.84 Å². The van der Waals surface area contributed by atoms with E-state index in [1.54, 1.807) is 12.1 Å². The number of benzene rings is 1. The Morgan fingerprint density at radius 3 is 2.58 bits per heavy atom. The van der Waals surface area contributed by atoms with Crippen LogP contribution in [0.1, 0.15) is 25.3 Å². The Hall–Kier alpha value is -0.830. The molecule has 0 spiro atoms. The lowest BCUT2D eigenvalue weighted by Gasteiger charge is -2.57. The molecule has 0 aromatic heterocycles. The topological polar surface area (TPSA) is 34.1 Å². The minimum atomic E-state index is -3.09. The Morgan fingerprint density at radius 1 is 1.26 bits per heavy atom. The van der Waals surface area contributed by atoms with Gasteiger partial charge in [-0.2, -0.15) is 0 Å². The molecule has 3 heteroatoms. The van der Waals surface area contributed by atoms with Gasteiger partial charge in [0.1, 0.15) is 0 Å². The Bertz CT molecular complexity index is 631. The van der Waals surface area contributed by atoms with E-state index in [2.05, 4.69) is 6.92 Å². The van der Waals surface area contributed by atoms with Crippen LogP contribution < -0.4 is 0 Å². The lowest BCUT2D eigenvalue weighted by molar-refractivity contribution is -0.0788. The van der Waals surface area contributed by atoms with E-state index in [0.29, 0.717) is 27.9 Å². The van der Waals surface area contributed by atoms with Crippen molar-refractivity contribution in [2.75, 3.05) is 5.75 Å². The number of sulfone groups is 1. The maximum atomic E-state index is 12.4. The molecule has 5 atom stereocenters. The summed E-state index contributed by atoms with van der Waals surface area (Å²) in [4.78, 5) is 0.498. The maximum absolute atomic E-state index is 12.4. The normalized spacial score (nSPS) is 42.6. The zero-order valence-electron chi connectivity index (χ0n) is 11.5. The molecule has 5 unspecified atom stereocenters. The van der Waals surface area contributed by atoms with Crippen molar-refractivity contribution in [3.8, 4) is 0 Å². The number of hydrogen-bond donors (Lipinski definition) is 0. The smallest absolute Gasteiger partial charge is 0.178 e. The van der Waals surface area contributed by atoms with Crippen LogP contribution in [0.15, 0.2) is 29.2 Å². The Labute approximate surface area is 115 Å². The van der Waals surface area contributed by atoms with Crippen molar-refractivity contribution in [1.82, 2.24) is 0 Å². The van der Waals surface area contributed by atoms with E-state index < -0.39 is 9.84 Å². The van der Waals surface area contributed by atoms with Crippen molar-refractivity contribution in [3.63, 3.8) is 0 Å². The van der Waals surface area contributed by atoms with Crippen LogP contribution in [0.5, 0.6) is 0 Å². The van der Waals surface area contributed by atoms with Crippen molar-refractivity contribution >= 4 is 9.84 Å². The van der Waals surface area contributed by atoms with Crippen molar-refractivity contribution in [3.05, 3.63) is 29.8 Å². The molecule has 1 aromatic carbocycles. The van der Waals surface area contributed by atoms with E-state index in [9.17, 15) is 8.42 Å². The Morgan fingerprint density at radius 2 is 1.95 bits per heavy atom. The molecule has 3 saturated carbocycles. The summed E-state index contributed by atoms with van der Waals surface area (Å²) < 4.78 is 24.9. The molecule has 0 bridgehead atoms. The number of hydrogen-bond acceptors (Lipinski definition) is 2. The SMILES string of the molecule is Cc1ccc(S(=O)(=O)CC2CC3C4CC4(C)C23)cc1. The number of rotatable bonds is 3. The van der Waals surface area contributed by atoms with Crippen molar-refractivity contribution in [2.45, 2.75) is 31.6 Å². The molecule has 0 saturated heterocycles. The van der Waals surface area contributed by atoms with E-state index in [0.717, 1.165) is 23.8 Å². The molecule has 19 heavy (non-hydrogen) atoms. The molecule has 3 fully saturated rings. The van der Waals surface area contributed by atoms with Gasteiger partial charge in [-0.1, -0.05) is 24.6 Å². The molecule has 4 rings (SSSR count). The van der Waals surface area contributed by atoms with Crippen molar-refractivity contribution in [2.24, 2.45) is 29.1 Å². The average Bonchev–Trinajstić information content (AvgIpc) is 2.89. The van der Waals surface area contributed by atoms with E-state index in [1.807, 2.05) is 19.1 Å². The molecule has 3 aliphatic carbocycles. The van der Waals surface area contributed by atoms with Crippen LogP contribution in [0.4, 0.5) is 0 Å². The van der Waals surface area contributed by atoms with Gasteiger partial charge in [0.15, 0.2) is 9.84 Å². The molecular formula is C16H20O2S. The van der Waals surface area contributed by atoms with Crippen molar-refractivity contribution < 1.29 is 8.42 Å². The lowest BCUT2D eigenvalue weighted by Crippen LogP contribution is -2.54. The van der Waals surface area contributed by atoms with Crippen LogP contribution in [-0.4, -0.2) is 14.2 Å². The summed E-state index contributed by atoms with van der Waals surface area (Å²) in [6.45, 7) is 4.33. The van der Waals surface area contributed by atoms with Gasteiger partial charge in [-0.05, 0) is 61.0 Å². The van der Waals surface area contributed by atoms with Gasteiger partial charge >= 0.3 is 0 Å². The third-order valence-corrected chi connectivity index (χ3v) is 7.84. The summed E-state index contributed by atoms with van der Waals surface area (Å²) in [5.41, 5.74) is 1.63. The molecule has 0 amide bonds. The summed E-state index contributed by atoms with van der Waals surface area (Å²) in [5.74, 6) is 3.29. The van der Waals surface area contributed by atoms with Gasteiger partial charge < -0.3 is 0 Å². The highest BCUT2D eigenvalue weighted by Gasteiger charge is 2.76. The predicted molar refractivity (Wildman–Crippen MR) is 74.5 cm³/mol. The van der Waals surface area contributed by atoms with Gasteiger partial charge in [-0.25, -0.2) is 8.42 Å². The number of fused-ring (bicyclic) bond motifs is 4. The van der Waals surface area contributed by atoms with Crippen LogP contribution in [0.3, 0.4) is 0 Å². The third kappa shape index (κ3) is 1.51. The Balaban J connectivity index is 1.52. The van der Waals surface area contributed by atoms with Crippen molar-refractivity contribution in [1.29, 1.82) is 0 Å². The van der Waals surface area contributed by atoms with Gasteiger partial charge in [-0.3, -0.25) is 0 Å². The monoisotopic (exact) mass is 276 g/mol. The molecule has 0 radical (unpaired) electrons. The second-order valence-electron chi connectivity index (χ2n) is 7.10. The lowest BCUT2D eigenvalue weighted by atomic mass is 9.49. The molecule has 102 valence electrons. The second kappa shape index (κ2) is 3.43. The zero-order chi connectivity index (χ0) is 13.4. The first-order valence-electron chi connectivity index (χ1n) is 7.21. The van der Waals surface area contributed by atoms with E-state index >= 15 is 0 Å². The summed E-state index contributed by atoms with van der Waals surface area (Å²) in [7, 11) is -3.09. The van der Waals surface area contributed by atoms with Crippen LogP contribution >= 0.6 is 0 Å². The summed E-state index contributed by atoms with van der Waals surface area (Å²) in [6.07, 6.45) is 2.50. The highest BCUT2D eigenvalue weighted by Crippen LogP contribution is 2.82. The first-order chi connectivity index (χ1) is 8.92.